The van der Waals surface area contributed by atoms with Crippen molar-refractivity contribution < 1.29 is 0 Å². The Morgan fingerprint density at radius 1 is 0.700 bits per heavy atom. The first kappa shape index (κ1) is 26.7. The molecular weight excluding hydrogens is 500 g/mol. The van der Waals surface area contributed by atoms with Crippen LogP contribution in [0, 0.1) is 12.3 Å². The first-order chi connectivity index (χ1) is 19.3. The van der Waals surface area contributed by atoms with Crippen LogP contribution >= 0.6 is 0 Å². The second-order valence-corrected chi connectivity index (χ2v) is 10.6. The number of hydrazone groups is 3. The van der Waals surface area contributed by atoms with E-state index in [4.69, 9.17) is 15.3 Å². The van der Waals surface area contributed by atoms with Gasteiger partial charge in [0, 0.05) is 7.05 Å². The van der Waals surface area contributed by atoms with E-state index in [0.29, 0.717) is 24.2 Å². The summed E-state index contributed by atoms with van der Waals surface area (Å²) in [5, 5.41) is 14.3. The zero-order valence-electron chi connectivity index (χ0n) is 23.2. The molecule has 0 bridgehead atoms. The molecule has 4 aromatic rings. The standard InChI is InChI=1S/C31H34N8O/c1-22-28(30(40)39(38(22)4)25-18-12-7-13-19-25)36-37-29-26(34-32-23-14-8-5-9-15-23)20-31(2,3)21-27(29)35-33-24-16-10-6-11-17-24/h5-19,32-33,36H,20-21H2,1-4H3/b34-26-,35-27+,37-29?. The maximum Gasteiger partial charge on any atom is 0.296 e. The van der Waals surface area contributed by atoms with Crippen molar-refractivity contribution in [3.05, 3.63) is 107 Å². The first-order valence-corrected chi connectivity index (χ1v) is 13.3. The minimum atomic E-state index is -0.187. The number of para-hydroxylation sites is 3. The molecule has 40 heavy (non-hydrogen) atoms. The fraction of sp³-hybridized carbons (Fsp3) is 0.226. The van der Waals surface area contributed by atoms with Gasteiger partial charge in [0.05, 0.1) is 34.2 Å². The third kappa shape index (κ3) is 5.88. The van der Waals surface area contributed by atoms with Gasteiger partial charge in [0.1, 0.15) is 11.4 Å². The quantitative estimate of drug-likeness (QED) is 0.253. The summed E-state index contributed by atoms with van der Waals surface area (Å²) in [6.45, 7) is 6.27. The van der Waals surface area contributed by atoms with Gasteiger partial charge < -0.3 is 0 Å². The van der Waals surface area contributed by atoms with E-state index in [1.165, 1.54) is 0 Å². The molecule has 0 amide bonds. The Bertz CT molecular complexity index is 1550. The van der Waals surface area contributed by atoms with Gasteiger partial charge in [-0.3, -0.25) is 25.8 Å². The molecule has 1 heterocycles. The summed E-state index contributed by atoms with van der Waals surface area (Å²) in [7, 11) is 1.86. The highest BCUT2D eigenvalue weighted by atomic mass is 16.1. The van der Waals surface area contributed by atoms with Crippen LogP contribution in [-0.4, -0.2) is 26.5 Å². The number of nitrogens with zero attached hydrogens (tertiary/aromatic N) is 5. The fourth-order valence-electron chi connectivity index (χ4n) is 4.72. The third-order valence-electron chi connectivity index (χ3n) is 6.86. The Morgan fingerprint density at radius 2 is 1.18 bits per heavy atom. The lowest BCUT2D eigenvalue weighted by atomic mass is 9.74. The van der Waals surface area contributed by atoms with Crippen LogP contribution in [0.3, 0.4) is 0 Å². The zero-order valence-corrected chi connectivity index (χ0v) is 23.2. The Labute approximate surface area is 233 Å². The molecular formula is C31H34N8O. The summed E-state index contributed by atoms with van der Waals surface area (Å²) in [4.78, 5) is 13.5. The van der Waals surface area contributed by atoms with Crippen LogP contribution in [0.15, 0.2) is 111 Å². The van der Waals surface area contributed by atoms with Gasteiger partial charge in [-0.1, -0.05) is 68.4 Å². The number of aromatic nitrogens is 2. The largest absolute Gasteiger partial charge is 0.296 e. The van der Waals surface area contributed by atoms with Crippen molar-refractivity contribution in [3.8, 4) is 5.69 Å². The molecule has 1 saturated carbocycles. The van der Waals surface area contributed by atoms with Gasteiger partial charge in [0.25, 0.3) is 5.56 Å². The molecule has 0 atom stereocenters. The summed E-state index contributed by atoms with van der Waals surface area (Å²) < 4.78 is 3.45. The lowest BCUT2D eigenvalue weighted by molar-refractivity contribution is 0.400. The molecule has 204 valence electrons. The fourth-order valence-corrected chi connectivity index (χ4v) is 4.72. The summed E-state index contributed by atoms with van der Waals surface area (Å²) in [6.07, 6.45) is 1.36. The van der Waals surface area contributed by atoms with E-state index in [-0.39, 0.29) is 11.0 Å². The van der Waals surface area contributed by atoms with Crippen molar-refractivity contribution in [1.82, 2.24) is 9.36 Å². The smallest absolute Gasteiger partial charge is 0.283 e. The molecule has 3 N–H and O–H groups in total. The molecule has 0 saturated heterocycles. The minimum Gasteiger partial charge on any atom is -0.283 e. The van der Waals surface area contributed by atoms with Crippen LogP contribution in [-0.2, 0) is 7.05 Å². The van der Waals surface area contributed by atoms with Gasteiger partial charge in [-0.25, -0.2) is 4.68 Å². The average Bonchev–Trinajstić information content (AvgIpc) is 3.18. The lowest BCUT2D eigenvalue weighted by Gasteiger charge is -2.32. The minimum absolute atomic E-state index is 0.101. The maximum absolute atomic E-state index is 13.5. The molecule has 0 aliphatic heterocycles. The zero-order chi connectivity index (χ0) is 28.1. The number of anilines is 3. The molecule has 5 rings (SSSR count). The van der Waals surface area contributed by atoms with E-state index < -0.39 is 0 Å². The predicted molar refractivity (Wildman–Crippen MR) is 165 cm³/mol. The van der Waals surface area contributed by atoms with Crippen LogP contribution < -0.4 is 21.8 Å². The molecule has 0 unspecified atom stereocenters. The van der Waals surface area contributed by atoms with Crippen LogP contribution in [0.1, 0.15) is 32.4 Å². The summed E-state index contributed by atoms with van der Waals surface area (Å²) >= 11 is 0. The Kier molecular flexibility index (Phi) is 7.63. The highest BCUT2D eigenvalue weighted by molar-refractivity contribution is 6.69. The predicted octanol–water partition coefficient (Wildman–Crippen LogP) is 6.01. The Balaban J connectivity index is 1.55. The average molecular weight is 535 g/mol. The Hall–Kier alpha value is -4.92. The molecule has 1 fully saturated rings. The topological polar surface area (TPSA) is 100 Å². The second-order valence-electron chi connectivity index (χ2n) is 10.6. The molecule has 9 nitrogen and oxygen atoms in total. The van der Waals surface area contributed by atoms with Crippen LogP contribution in [0.25, 0.3) is 5.69 Å². The lowest BCUT2D eigenvalue weighted by Crippen LogP contribution is -2.40. The van der Waals surface area contributed by atoms with Crippen LogP contribution in [0.2, 0.25) is 0 Å². The van der Waals surface area contributed by atoms with E-state index in [2.05, 4.69) is 30.1 Å². The van der Waals surface area contributed by atoms with Crippen molar-refractivity contribution in [2.75, 3.05) is 16.3 Å². The van der Waals surface area contributed by atoms with Gasteiger partial charge in [-0.15, -0.1) is 0 Å². The van der Waals surface area contributed by atoms with E-state index in [1.54, 1.807) is 4.68 Å². The molecule has 1 aromatic heterocycles. The number of hydrogen-bond donors (Lipinski definition) is 3. The highest BCUT2D eigenvalue weighted by Crippen LogP contribution is 2.32. The number of nitrogens with one attached hydrogen (secondary N) is 3. The molecule has 3 aromatic carbocycles. The Morgan fingerprint density at radius 3 is 1.68 bits per heavy atom. The van der Waals surface area contributed by atoms with Crippen LogP contribution in [0.4, 0.5) is 17.1 Å². The van der Waals surface area contributed by atoms with E-state index >= 15 is 0 Å². The maximum atomic E-state index is 13.5. The third-order valence-corrected chi connectivity index (χ3v) is 6.86. The number of rotatable bonds is 7. The van der Waals surface area contributed by atoms with Crippen LogP contribution in [0.5, 0.6) is 0 Å². The van der Waals surface area contributed by atoms with Crippen molar-refractivity contribution >= 4 is 34.2 Å². The summed E-state index contributed by atoms with van der Waals surface area (Å²) in [5.41, 5.74) is 14.9. The monoisotopic (exact) mass is 534 g/mol. The van der Waals surface area contributed by atoms with E-state index in [0.717, 1.165) is 34.2 Å². The highest BCUT2D eigenvalue weighted by Gasteiger charge is 2.35. The molecule has 0 radical (unpaired) electrons. The molecule has 1 aliphatic rings. The molecule has 0 spiro atoms. The van der Waals surface area contributed by atoms with E-state index in [9.17, 15) is 4.79 Å². The van der Waals surface area contributed by atoms with Crippen molar-refractivity contribution in [3.63, 3.8) is 0 Å². The number of benzene rings is 3. The normalized spacial score (nSPS) is 17.8. The summed E-state index contributed by atoms with van der Waals surface area (Å²) in [6, 6.07) is 29.1. The first-order valence-electron chi connectivity index (χ1n) is 13.3. The number of hydrogen-bond acceptors (Lipinski definition) is 7. The van der Waals surface area contributed by atoms with Gasteiger partial charge in [-0.2, -0.15) is 15.3 Å². The van der Waals surface area contributed by atoms with Crippen molar-refractivity contribution in [1.29, 1.82) is 0 Å². The van der Waals surface area contributed by atoms with Gasteiger partial charge in [-0.05, 0) is 61.6 Å². The SMILES string of the molecule is Cc1c(NN=C2/C(=N\Nc3ccccc3)CC(C)(C)C/C2=N\Nc2ccccc2)c(=O)n(-c2ccccc2)n1C. The van der Waals surface area contributed by atoms with Gasteiger partial charge in [0.15, 0.2) is 0 Å². The van der Waals surface area contributed by atoms with Gasteiger partial charge in [0.2, 0.25) is 0 Å². The molecule has 1 aliphatic carbocycles. The second kappa shape index (κ2) is 11.4. The van der Waals surface area contributed by atoms with E-state index in [1.807, 2.05) is 110 Å². The van der Waals surface area contributed by atoms with Crippen molar-refractivity contribution in [2.45, 2.75) is 33.6 Å². The summed E-state index contributed by atoms with van der Waals surface area (Å²) in [5.74, 6) is 0. The van der Waals surface area contributed by atoms with Crippen molar-refractivity contribution in [2.24, 2.45) is 27.8 Å². The van der Waals surface area contributed by atoms with Gasteiger partial charge >= 0.3 is 0 Å². The molecule has 9 heteroatoms.